The van der Waals surface area contributed by atoms with Crippen molar-refractivity contribution in [2.45, 2.75) is 19.8 Å². The van der Waals surface area contributed by atoms with Crippen LogP contribution in [0.3, 0.4) is 0 Å². The Morgan fingerprint density at radius 1 is 1.71 bits per heavy atom. The molecule has 0 aliphatic carbocycles. The predicted molar refractivity (Wildman–Crippen MR) is 59.7 cm³/mol. The van der Waals surface area contributed by atoms with Crippen molar-refractivity contribution in [3.05, 3.63) is 0 Å². The Balaban J connectivity index is 1.88. The van der Waals surface area contributed by atoms with E-state index in [-0.39, 0.29) is 17.8 Å². The van der Waals surface area contributed by atoms with Gasteiger partial charge >= 0.3 is 6.01 Å². The molecule has 7 nitrogen and oxygen atoms in total. The fraction of sp³-hybridized carbons (Fsp3) is 0.700. The second-order valence-corrected chi connectivity index (χ2v) is 3.80. The number of aromatic amines is 1. The number of ether oxygens (including phenoxy) is 2. The van der Waals surface area contributed by atoms with E-state index in [0.29, 0.717) is 19.2 Å². The molecule has 1 fully saturated rings. The molecule has 1 amide bonds. The summed E-state index contributed by atoms with van der Waals surface area (Å²) < 4.78 is 10.3. The van der Waals surface area contributed by atoms with Crippen molar-refractivity contribution in [1.29, 1.82) is 0 Å². The Morgan fingerprint density at radius 2 is 2.59 bits per heavy atom. The van der Waals surface area contributed by atoms with Crippen LogP contribution in [0.5, 0.6) is 6.01 Å². The van der Waals surface area contributed by atoms with Crippen molar-refractivity contribution in [2.75, 3.05) is 25.1 Å². The van der Waals surface area contributed by atoms with Crippen molar-refractivity contribution >= 4 is 11.9 Å². The number of aromatic nitrogens is 3. The molecular formula is C10H16N4O3. The maximum atomic E-state index is 11.8. The van der Waals surface area contributed by atoms with Gasteiger partial charge in [0.1, 0.15) is 0 Å². The highest BCUT2D eigenvalue weighted by Gasteiger charge is 2.22. The summed E-state index contributed by atoms with van der Waals surface area (Å²) in [5.41, 5.74) is 0. The summed E-state index contributed by atoms with van der Waals surface area (Å²) in [5.74, 6) is 0.109. The van der Waals surface area contributed by atoms with E-state index in [4.69, 9.17) is 9.47 Å². The molecule has 2 rings (SSSR count). The Labute approximate surface area is 98.9 Å². The van der Waals surface area contributed by atoms with Gasteiger partial charge in [-0.15, -0.1) is 5.10 Å². The molecule has 0 bridgehead atoms. The Hall–Kier alpha value is -1.63. The molecule has 0 spiro atoms. The highest BCUT2D eigenvalue weighted by molar-refractivity contribution is 5.91. The smallest absolute Gasteiger partial charge is 0.337 e. The molecule has 1 saturated heterocycles. The van der Waals surface area contributed by atoms with Gasteiger partial charge in [0.2, 0.25) is 11.9 Å². The van der Waals surface area contributed by atoms with Gasteiger partial charge in [-0.25, -0.2) is 5.10 Å². The molecule has 1 aliphatic rings. The van der Waals surface area contributed by atoms with E-state index in [9.17, 15) is 4.79 Å². The second kappa shape index (κ2) is 5.62. The third kappa shape index (κ3) is 3.16. The molecule has 2 N–H and O–H groups in total. The maximum absolute atomic E-state index is 11.8. The zero-order chi connectivity index (χ0) is 12.1. The standard InChI is InChI=1S/C10H16N4O3/c1-2-17-10-12-9(13-14-10)11-8(15)7-4-3-5-16-6-7/h7H,2-6H2,1H3,(H2,11,12,13,14,15). The van der Waals surface area contributed by atoms with E-state index >= 15 is 0 Å². The van der Waals surface area contributed by atoms with Gasteiger partial charge in [0, 0.05) is 6.61 Å². The van der Waals surface area contributed by atoms with E-state index in [0.717, 1.165) is 19.4 Å². The van der Waals surface area contributed by atoms with Gasteiger partial charge in [-0.3, -0.25) is 10.1 Å². The number of nitrogens with zero attached hydrogens (tertiary/aromatic N) is 2. The molecular weight excluding hydrogens is 224 g/mol. The molecule has 0 saturated carbocycles. The number of H-pyrrole nitrogens is 1. The first-order valence-corrected chi connectivity index (χ1v) is 5.73. The largest absolute Gasteiger partial charge is 0.463 e. The number of anilines is 1. The molecule has 17 heavy (non-hydrogen) atoms. The van der Waals surface area contributed by atoms with Crippen LogP contribution >= 0.6 is 0 Å². The number of amides is 1. The van der Waals surface area contributed by atoms with Gasteiger partial charge in [0.05, 0.1) is 19.1 Å². The normalized spacial score (nSPS) is 19.9. The first-order chi connectivity index (χ1) is 8.29. The van der Waals surface area contributed by atoms with Gasteiger partial charge in [-0.1, -0.05) is 0 Å². The maximum Gasteiger partial charge on any atom is 0.337 e. The minimum absolute atomic E-state index is 0.0936. The molecule has 1 unspecified atom stereocenters. The SMILES string of the molecule is CCOc1n[nH]c(NC(=O)C2CCCOC2)n1. The highest BCUT2D eigenvalue weighted by Crippen LogP contribution is 2.15. The quantitative estimate of drug-likeness (QED) is 0.803. The van der Waals surface area contributed by atoms with Gasteiger partial charge in [-0.05, 0) is 19.8 Å². The Morgan fingerprint density at radius 3 is 3.29 bits per heavy atom. The third-order valence-electron chi connectivity index (χ3n) is 2.51. The van der Waals surface area contributed by atoms with Gasteiger partial charge in [-0.2, -0.15) is 4.98 Å². The van der Waals surface area contributed by atoms with Crippen molar-refractivity contribution < 1.29 is 14.3 Å². The molecule has 1 aliphatic heterocycles. The van der Waals surface area contributed by atoms with Crippen molar-refractivity contribution in [3.8, 4) is 6.01 Å². The lowest BCUT2D eigenvalue weighted by atomic mass is 10.0. The molecule has 1 atom stereocenters. The molecule has 0 radical (unpaired) electrons. The third-order valence-corrected chi connectivity index (χ3v) is 2.51. The van der Waals surface area contributed by atoms with Gasteiger partial charge < -0.3 is 9.47 Å². The number of carbonyl (C=O) groups excluding carboxylic acids is 1. The van der Waals surface area contributed by atoms with E-state index in [1.807, 2.05) is 6.92 Å². The highest BCUT2D eigenvalue weighted by atomic mass is 16.5. The summed E-state index contributed by atoms with van der Waals surface area (Å²) in [4.78, 5) is 15.8. The van der Waals surface area contributed by atoms with Gasteiger partial charge in [0.25, 0.3) is 0 Å². The van der Waals surface area contributed by atoms with Crippen LogP contribution in [0, 0.1) is 5.92 Å². The number of nitrogens with one attached hydrogen (secondary N) is 2. The predicted octanol–water partition coefficient (Wildman–Crippen LogP) is 0.568. The number of hydrogen-bond acceptors (Lipinski definition) is 5. The van der Waals surface area contributed by atoms with Crippen LogP contribution in [0.15, 0.2) is 0 Å². The van der Waals surface area contributed by atoms with Gasteiger partial charge in [0.15, 0.2) is 0 Å². The Kier molecular flexibility index (Phi) is 3.92. The first-order valence-electron chi connectivity index (χ1n) is 5.73. The zero-order valence-corrected chi connectivity index (χ0v) is 9.73. The first kappa shape index (κ1) is 11.8. The van der Waals surface area contributed by atoms with Crippen LogP contribution in [0.1, 0.15) is 19.8 Å². The zero-order valence-electron chi connectivity index (χ0n) is 9.73. The summed E-state index contributed by atoms with van der Waals surface area (Å²) in [6, 6.07) is 0.239. The van der Waals surface area contributed by atoms with Crippen molar-refractivity contribution in [3.63, 3.8) is 0 Å². The average molecular weight is 240 g/mol. The fourth-order valence-electron chi connectivity index (χ4n) is 1.66. The topological polar surface area (TPSA) is 89.1 Å². The average Bonchev–Trinajstić information content (AvgIpc) is 2.78. The monoisotopic (exact) mass is 240 g/mol. The molecule has 2 heterocycles. The second-order valence-electron chi connectivity index (χ2n) is 3.80. The van der Waals surface area contributed by atoms with Crippen molar-refractivity contribution in [1.82, 2.24) is 15.2 Å². The summed E-state index contributed by atoms with van der Waals surface area (Å²) >= 11 is 0. The van der Waals surface area contributed by atoms with E-state index in [1.54, 1.807) is 0 Å². The van der Waals surface area contributed by atoms with Crippen molar-refractivity contribution in [2.24, 2.45) is 5.92 Å². The summed E-state index contributed by atoms with van der Waals surface area (Å²) in [5, 5.41) is 9.06. The number of carbonyl (C=O) groups is 1. The Bertz CT molecular complexity index is 373. The molecule has 94 valence electrons. The molecule has 7 heteroatoms. The van der Waals surface area contributed by atoms with E-state index < -0.39 is 0 Å². The summed E-state index contributed by atoms with van der Waals surface area (Å²) in [7, 11) is 0. The van der Waals surface area contributed by atoms with Crippen LogP contribution in [0.2, 0.25) is 0 Å². The number of hydrogen-bond donors (Lipinski definition) is 2. The lowest BCUT2D eigenvalue weighted by molar-refractivity contribution is -0.123. The van der Waals surface area contributed by atoms with Crippen LogP contribution in [-0.4, -0.2) is 40.9 Å². The number of rotatable bonds is 4. The minimum atomic E-state index is -0.107. The van der Waals surface area contributed by atoms with Crippen LogP contribution in [0.25, 0.3) is 0 Å². The summed E-state index contributed by atoms with van der Waals surface area (Å²) in [6.07, 6.45) is 1.76. The summed E-state index contributed by atoms with van der Waals surface area (Å²) in [6.45, 7) is 3.54. The lowest BCUT2D eigenvalue weighted by Crippen LogP contribution is -2.30. The van der Waals surface area contributed by atoms with Crippen LogP contribution < -0.4 is 10.1 Å². The molecule has 1 aromatic rings. The van der Waals surface area contributed by atoms with Crippen LogP contribution in [0.4, 0.5) is 5.95 Å². The van der Waals surface area contributed by atoms with Crippen LogP contribution in [-0.2, 0) is 9.53 Å². The lowest BCUT2D eigenvalue weighted by Gasteiger charge is -2.20. The molecule has 1 aromatic heterocycles. The van der Waals surface area contributed by atoms with E-state index in [1.165, 1.54) is 0 Å². The molecule has 0 aromatic carbocycles. The van der Waals surface area contributed by atoms with E-state index in [2.05, 4.69) is 20.5 Å². The fourth-order valence-corrected chi connectivity index (χ4v) is 1.66. The minimum Gasteiger partial charge on any atom is -0.463 e.